The quantitative estimate of drug-likeness (QED) is 0.445. The van der Waals surface area contributed by atoms with Crippen LogP contribution in [0.1, 0.15) is 18.3 Å². The molecule has 0 bridgehead atoms. The van der Waals surface area contributed by atoms with Crippen molar-refractivity contribution in [2.75, 3.05) is 61.7 Å². The number of nitrogens with one attached hydrogen (secondary N) is 3. The number of benzene rings is 1. The fraction of sp³-hybridized carbons (Fsp3) is 0.421. The van der Waals surface area contributed by atoms with Crippen LogP contribution in [0.25, 0.3) is 0 Å². The molecule has 0 saturated carbocycles. The molecule has 2 heterocycles. The van der Waals surface area contributed by atoms with Gasteiger partial charge in [-0.1, -0.05) is 11.6 Å². The van der Waals surface area contributed by atoms with Gasteiger partial charge in [-0.3, -0.25) is 15.8 Å². The number of nitriles is 2. The molecule has 0 unspecified atom stereocenters. The molecule has 1 aromatic heterocycles. The molecule has 0 spiro atoms. The number of nitrogens with zero attached hydrogens (tertiary/aromatic N) is 5. The molecule has 29 heavy (non-hydrogen) atoms. The van der Waals surface area contributed by atoms with Crippen molar-refractivity contribution in [3.8, 4) is 12.1 Å². The average molecular weight is 415 g/mol. The van der Waals surface area contributed by atoms with Crippen molar-refractivity contribution >= 4 is 28.9 Å². The molecule has 1 aliphatic rings. The van der Waals surface area contributed by atoms with Crippen molar-refractivity contribution in [3.05, 3.63) is 34.6 Å². The highest BCUT2D eigenvalue weighted by Gasteiger charge is 2.18. The fourth-order valence-corrected chi connectivity index (χ4v) is 3.31. The maximum Gasteiger partial charge on any atom is 0.221 e. The van der Waals surface area contributed by atoms with Crippen LogP contribution < -0.4 is 15.8 Å². The number of aromatic nitrogens is 2. The van der Waals surface area contributed by atoms with Gasteiger partial charge in [0.1, 0.15) is 12.1 Å². The third kappa shape index (κ3) is 5.30. The minimum Gasteiger partial charge on any atom is -0.380 e. The zero-order chi connectivity index (χ0) is 20.6. The number of hydrazine groups is 1. The molecule has 1 fully saturated rings. The maximum absolute atomic E-state index is 8.96. The van der Waals surface area contributed by atoms with E-state index in [1.165, 1.54) is 0 Å². The van der Waals surface area contributed by atoms with Crippen LogP contribution >= 0.6 is 11.6 Å². The number of hydrogen-bond acceptors (Lipinski definition) is 8. The van der Waals surface area contributed by atoms with Gasteiger partial charge >= 0.3 is 0 Å². The van der Waals surface area contributed by atoms with Crippen LogP contribution in [0.3, 0.4) is 0 Å². The Balaban J connectivity index is 1.55. The number of aromatic amines is 1. The normalized spacial score (nSPS) is 14.3. The minimum atomic E-state index is 0.0404. The van der Waals surface area contributed by atoms with Gasteiger partial charge in [-0.05, 0) is 25.1 Å². The van der Waals surface area contributed by atoms with Crippen molar-refractivity contribution in [2.24, 2.45) is 0 Å². The number of H-pyrrole nitrogens is 1. The summed E-state index contributed by atoms with van der Waals surface area (Å²) in [5.74, 6) is 0.265. The number of hydrogen-bond donors (Lipinski definition) is 3. The molecule has 1 aliphatic heterocycles. The molecular formula is C19H23ClN8O. The number of rotatable bonds is 8. The molecule has 0 amide bonds. The van der Waals surface area contributed by atoms with E-state index in [1.54, 1.807) is 0 Å². The van der Waals surface area contributed by atoms with Gasteiger partial charge in [-0.25, -0.2) is 0 Å². The van der Waals surface area contributed by atoms with E-state index in [4.69, 9.17) is 26.9 Å². The minimum absolute atomic E-state index is 0.0404. The summed E-state index contributed by atoms with van der Waals surface area (Å²) >= 11 is 6.43. The number of piperazine rings is 1. The van der Waals surface area contributed by atoms with Crippen LogP contribution in [0, 0.1) is 22.7 Å². The summed E-state index contributed by atoms with van der Waals surface area (Å²) in [6, 6.07) is 9.56. The van der Waals surface area contributed by atoms with Gasteiger partial charge in [-0.15, -0.1) is 0 Å². The first-order valence-corrected chi connectivity index (χ1v) is 9.79. The van der Waals surface area contributed by atoms with Crippen molar-refractivity contribution in [1.29, 1.82) is 10.5 Å². The lowest BCUT2D eigenvalue weighted by Gasteiger charge is -2.36. The van der Waals surface area contributed by atoms with Gasteiger partial charge in [0.2, 0.25) is 5.95 Å². The molecule has 1 saturated heterocycles. The van der Waals surface area contributed by atoms with Crippen LogP contribution in [-0.2, 0) is 4.74 Å². The molecular weight excluding hydrogens is 392 g/mol. The molecule has 3 N–H and O–H groups in total. The zero-order valence-corrected chi connectivity index (χ0v) is 17.0. The van der Waals surface area contributed by atoms with Gasteiger partial charge in [0.25, 0.3) is 0 Å². The van der Waals surface area contributed by atoms with Crippen LogP contribution in [-0.4, -0.2) is 60.8 Å². The van der Waals surface area contributed by atoms with E-state index in [1.807, 2.05) is 37.3 Å². The van der Waals surface area contributed by atoms with Crippen molar-refractivity contribution in [1.82, 2.24) is 14.9 Å². The number of anilines is 3. The van der Waals surface area contributed by atoms with Crippen molar-refractivity contribution < 1.29 is 4.74 Å². The molecule has 0 atom stereocenters. The molecule has 10 heteroatoms. The predicted octanol–water partition coefficient (Wildman–Crippen LogP) is 2.40. The molecule has 0 aliphatic carbocycles. The van der Waals surface area contributed by atoms with E-state index < -0.39 is 0 Å². The number of halogens is 1. The largest absolute Gasteiger partial charge is 0.380 e. The Kier molecular flexibility index (Phi) is 7.14. The molecule has 9 nitrogen and oxygen atoms in total. The highest BCUT2D eigenvalue weighted by Crippen LogP contribution is 2.28. The Morgan fingerprint density at radius 3 is 2.62 bits per heavy atom. The first-order chi connectivity index (χ1) is 14.1. The highest BCUT2D eigenvalue weighted by atomic mass is 35.5. The van der Waals surface area contributed by atoms with E-state index in [0.29, 0.717) is 10.7 Å². The van der Waals surface area contributed by atoms with Crippen LogP contribution in [0.5, 0.6) is 0 Å². The SMILES string of the molecule is CCOCCN1CCN(c2ccc(NNc3nc(C#N)c(C#N)[nH]3)c(Cl)c2)CC1. The lowest BCUT2D eigenvalue weighted by Crippen LogP contribution is -2.47. The lowest BCUT2D eigenvalue weighted by molar-refractivity contribution is 0.111. The standard InChI is InChI=1S/C19H23ClN8O/c1-2-29-10-9-27-5-7-28(8-6-27)14-3-4-16(15(20)11-14)25-26-19-23-17(12-21)18(13-22)24-19/h3-4,11,25H,2,5-10H2,1H3,(H2,23,24,26). The van der Waals surface area contributed by atoms with E-state index in [0.717, 1.165) is 51.6 Å². The third-order valence-electron chi connectivity index (χ3n) is 4.68. The van der Waals surface area contributed by atoms with Gasteiger partial charge in [0.05, 0.1) is 17.3 Å². The Morgan fingerprint density at radius 2 is 2.00 bits per heavy atom. The van der Waals surface area contributed by atoms with E-state index in [2.05, 4.69) is 30.6 Å². The highest BCUT2D eigenvalue weighted by molar-refractivity contribution is 6.33. The molecule has 152 valence electrons. The predicted molar refractivity (Wildman–Crippen MR) is 112 cm³/mol. The molecule has 3 rings (SSSR count). The summed E-state index contributed by atoms with van der Waals surface area (Å²) in [7, 11) is 0. The van der Waals surface area contributed by atoms with E-state index >= 15 is 0 Å². The Morgan fingerprint density at radius 1 is 1.21 bits per heavy atom. The second kappa shape index (κ2) is 9.99. The summed E-state index contributed by atoms with van der Waals surface area (Å²) < 4.78 is 5.43. The van der Waals surface area contributed by atoms with Gasteiger partial charge in [0.15, 0.2) is 11.4 Å². The molecule has 0 radical (unpaired) electrons. The smallest absolute Gasteiger partial charge is 0.221 e. The monoisotopic (exact) mass is 414 g/mol. The summed E-state index contributed by atoms with van der Waals surface area (Å²) in [5, 5.41) is 18.5. The van der Waals surface area contributed by atoms with E-state index in [-0.39, 0.29) is 17.3 Å². The van der Waals surface area contributed by atoms with Crippen LogP contribution in [0.15, 0.2) is 18.2 Å². The number of imidazole rings is 1. The summed E-state index contributed by atoms with van der Waals surface area (Å²) in [5.41, 5.74) is 7.66. The van der Waals surface area contributed by atoms with E-state index in [9.17, 15) is 0 Å². The number of ether oxygens (including phenoxy) is 1. The van der Waals surface area contributed by atoms with Crippen LogP contribution in [0.4, 0.5) is 17.3 Å². The summed E-state index contributed by atoms with van der Waals surface area (Å²) in [6.07, 6.45) is 0. The average Bonchev–Trinajstić information content (AvgIpc) is 3.16. The Bertz CT molecular complexity index is 876. The van der Waals surface area contributed by atoms with Crippen molar-refractivity contribution in [3.63, 3.8) is 0 Å². The molecule has 2 aromatic rings. The fourth-order valence-electron chi connectivity index (χ4n) is 3.09. The lowest BCUT2D eigenvalue weighted by atomic mass is 10.2. The van der Waals surface area contributed by atoms with Gasteiger partial charge in [-0.2, -0.15) is 15.5 Å². The maximum atomic E-state index is 8.96. The Hall–Kier alpha value is -2.98. The second-order valence-electron chi connectivity index (χ2n) is 6.47. The third-order valence-corrected chi connectivity index (χ3v) is 5.00. The van der Waals surface area contributed by atoms with Gasteiger partial charge in [0, 0.05) is 45.0 Å². The first kappa shape index (κ1) is 20.7. The topological polar surface area (TPSA) is 116 Å². The molecule has 1 aromatic carbocycles. The second-order valence-corrected chi connectivity index (χ2v) is 6.88. The first-order valence-electron chi connectivity index (χ1n) is 9.41. The zero-order valence-electron chi connectivity index (χ0n) is 16.2. The van der Waals surface area contributed by atoms with Gasteiger partial charge < -0.3 is 14.6 Å². The summed E-state index contributed by atoms with van der Waals surface area (Å²) in [6.45, 7) is 8.37. The Labute approximate surface area is 174 Å². The van der Waals surface area contributed by atoms with Crippen molar-refractivity contribution in [2.45, 2.75) is 6.92 Å². The summed E-state index contributed by atoms with van der Waals surface area (Å²) in [4.78, 5) is 11.4. The van der Waals surface area contributed by atoms with Crippen LogP contribution in [0.2, 0.25) is 5.02 Å².